The van der Waals surface area contributed by atoms with Crippen molar-refractivity contribution in [1.82, 2.24) is 5.48 Å². The summed E-state index contributed by atoms with van der Waals surface area (Å²) in [7, 11) is 0. The van der Waals surface area contributed by atoms with Gasteiger partial charge in [0, 0.05) is 19.1 Å². The minimum atomic E-state index is -4.58. The van der Waals surface area contributed by atoms with Crippen LogP contribution in [0.1, 0.15) is 29.6 Å². The Bertz CT molecular complexity index is 631. The zero-order chi connectivity index (χ0) is 18.4. The average Bonchev–Trinajstić information content (AvgIpc) is 2.57. The maximum atomic E-state index is 12.2. The summed E-state index contributed by atoms with van der Waals surface area (Å²) in [6, 6.07) is 2.72. The molecule has 0 radical (unpaired) electrons. The van der Waals surface area contributed by atoms with Gasteiger partial charge in [-0.25, -0.2) is 10.3 Å². The number of benzene rings is 1. The van der Waals surface area contributed by atoms with Crippen LogP contribution in [0.5, 0.6) is 5.75 Å². The molecule has 1 aromatic rings. The number of hydrogen-bond acceptors (Lipinski definition) is 6. The number of nitrogens with one attached hydrogen (secondary N) is 1. The number of nitrogens with zero attached hydrogens (tertiary/aromatic N) is 1. The Morgan fingerprint density at radius 2 is 2.16 bits per heavy atom. The maximum absolute atomic E-state index is 12.2. The summed E-state index contributed by atoms with van der Waals surface area (Å²) in [6.07, 6.45) is -3.02. The topological polar surface area (TPSA) is 99.9 Å². The number of nitro groups is 1. The fraction of sp³-hybridized carbons (Fsp3) is 0.500. The van der Waals surface area contributed by atoms with Crippen LogP contribution in [0.3, 0.4) is 0 Å². The molecule has 0 aliphatic carbocycles. The van der Waals surface area contributed by atoms with Crippen LogP contribution in [0.25, 0.3) is 0 Å². The molecular weight excluding hydrogens is 349 g/mol. The third kappa shape index (κ3) is 5.87. The summed E-state index contributed by atoms with van der Waals surface area (Å²) >= 11 is 0. The Labute approximate surface area is 140 Å². The Morgan fingerprint density at radius 1 is 1.40 bits per heavy atom. The molecule has 1 atom stereocenters. The molecule has 1 aromatic carbocycles. The van der Waals surface area contributed by atoms with E-state index in [9.17, 15) is 28.1 Å². The molecule has 1 aliphatic rings. The molecule has 1 heterocycles. The fourth-order valence-electron chi connectivity index (χ4n) is 2.09. The zero-order valence-corrected chi connectivity index (χ0v) is 12.9. The molecule has 0 bridgehead atoms. The number of carbonyl (C=O) groups is 1. The SMILES string of the molecule is O=C(NOC1CCCCO1)c1cc(OCC(F)(F)F)ccc1[N+](=O)[O-]. The number of hydroxylamine groups is 1. The minimum Gasteiger partial charge on any atom is -0.484 e. The van der Waals surface area contributed by atoms with E-state index in [1.807, 2.05) is 5.48 Å². The van der Waals surface area contributed by atoms with Crippen molar-refractivity contribution in [3.05, 3.63) is 33.9 Å². The second-order valence-corrected chi connectivity index (χ2v) is 5.19. The molecule has 138 valence electrons. The molecule has 1 N–H and O–H groups in total. The lowest BCUT2D eigenvalue weighted by molar-refractivity contribution is -0.385. The number of nitro benzene ring substituents is 1. The quantitative estimate of drug-likeness (QED) is 0.615. The smallest absolute Gasteiger partial charge is 0.422 e. The van der Waals surface area contributed by atoms with Crippen LogP contribution in [-0.4, -0.2) is 36.5 Å². The molecule has 1 unspecified atom stereocenters. The van der Waals surface area contributed by atoms with Gasteiger partial charge in [-0.3, -0.25) is 14.9 Å². The highest BCUT2D eigenvalue weighted by molar-refractivity contribution is 5.97. The fourth-order valence-corrected chi connectivity index (χ4v) is 2.09. The van der Waals surface area contributed by atoms with E-state index < -0.39 is 41.2 Å². The third-order valence-corrected chi connectivity index (χ3v) is 3.23. The molecule has 0 spiro atoms. The normalized spacial score (nSPS) is 17.8. The number of amides is 1. The first-order chi connectivity index (χ1) is 11.8. The maximum Gasteiger partial charge on any atom is 0.422 e. The Balaban J connectivity index is 2.08. The number of carbonyl (C=O) groups excluding carboxylic acids is 1. The lowest BCUT2D eigenvalue weighted by Gasteiger charge is -2.22. The number of hydrogen-bond donors (Lipinski definition) is 1. The summed E-state index contributed by atoms with van der Waals surface area (Å²) in [5.41, 5.74) is 0.939. The molecule has 25 heavy (non-hydrogen) atoms. The van der Waals surface area contributed by atoms with Crippen molar-refractivity contribution in [1.29, 1.82) is 0 Å². The highest BCUT2D eigenvalue weighted by atomic mass is 19.4. The molecule has 1 fully saturated rings. The van der Waals surface area contributed by atoms with Crippen LogP contribution >= 0.6 is 0 Å². The molecule has 1 amide bonds. The average molecular weight is 364 g/mol. The second-order valence-electron chi connectivity index (χ2n) is 5.19. The summed E-state index contributed by atoms with van der Waals surface area (Å²) in [5.74, 6) is -1.32. The van der Waals surface area contributed by atoms with Gasteiger partial charge in [-0.2, -0.15) is 13.2 Å². The number of halogens is 3. The van der Waals surface area contributed by atoms with Crippen molar-refractivity contribution in [2.45, 2.75) is 31.7 Å². The van der Waals surface area contributed by atoms with Gasteiger partial charge < -0.3 is 9.47 Å². The van der Waals surface area contributed by atoms with Crippen LogP contribution in [0.4, 0.5) is 18.9 Å². The van der Waals surface area contributed by atoms with E-state index in [1.165, 1.54) is 0 Å². The Morgan fingerprint density at radius 3 is 2.76 bits per heavy atom. The van der Waals surface area contributed by atoms with Crippen molar-refractivity contribution in [2.75, 3.05) is 13.2 Å². The van der Waals surface area contributed by atoms with Crippen molar-refractivity contribution in [3.8, 4) is 5.75 Å². The highest BCUT2D eigenvalue weighted by Gasteiger charge is 2.29. The monoisotopic (exact) mass is 364 g/mol. The zero-order valence-electron chi connectivity index (χ0n) is 12.9. The van der Waals surface area contributed by atoms with Gasteiger partial charge in [0.2, 0.25) is 0 Å². The minimum absolute atomic E-state index is 0.331. The first kappa shape index (κ1) is 18.9. The van der Waals surface area contributed by atoms with Crippen LogP contribution < -0.4 is 10.2 Å². The van der Waals surface area contributed by atoms with E-state index in [2.05, 4.69) is 4.74 Å². The number of alkyl halides is 3. The Hall–Kier alpha value is -2.40. The van der Waals surface area contributed by atoms with Crippen molar-refractivity contribution in [2.24, 2.45) is 0 Å². The van der Waals surface area contributed by atoms with Gasteiger partial charge in [0.25, 0.3) is 11.6 Å². The summed E-state index contributed by atoms with van der Waals surface area (Å²) in [5, 5.41) is 11.0. The molecule has 1 saturated heterocycles. The molecular formula is C14H15F3N2O6. The second kappa shape index (κ2) is 8.12. The third-order valence-electron chi connectivity index (χ3n) is 3.23. The largest absolute Gasteiger partial charge is 0.484 e. The molecule has 1 aliphatic heterocycles. The predicted octanol–water partition coefficient (Wildman–Crippen LogP) is 2.72. The van der Waals surface area contributed by atoms with Crippen molar-refractivity contribution >= 4 is 11.6 Å². The first-order valence-electron chi connectivity index (χ1n) is 7.32. The van der Waals surface area contributed by atoms with E-state index in [1.54, 1.807) is 0 Å². The Kier molecular flexibility index (Phi) is 6.15. The van der Waals surface area contributed by atoms with Gasteiger partial charge in [-0.15, -0.1) is 0 Å². The first-order valence-corrected chi connectivity index (χ1v) is 7.32. The van der Waals surface area contributed by atoms with E-state index in [4.69, 9.17) is 9.57 Å². The lowest BCUT2D eigenvalue weighted by Crippen LogP contribution is -2.33. The van der Waals surface area contributed by atoms with Gasteiger partial charge in [0.15, 0.2) is 12.9 Å². The van der Waals surface area contributed by atoms with E-state index in [0.717, 1.165) is 31.0 Å². The van der Waals surface area contributed by atoms with E-state index >= 15 is 0 Å². The van der Waals surface area contributed by atoms with Gasteiger partial charge in [0.05, 0.1) is 4.92 Å². The van der Waals surface area contributed by atoms with Crippen LogP contribution in [-0.2, 0) is 9.57 Å². The lowest BCUT2D eigenvalue weighted by atomic mass is 10.1. The highest BCUT2D eigenvalue weighted by Crippen LogP contribution is 2.26. The van der Waals surface area contributed by atoms with Gasteiger partial charge >= 0.3 is 6.18 Å². The van der Waals surface area contributed by atoms with Gasteiger partial charge in [0.1, 0.15) is 11.3 Å². The van der Waals surface area contributed by atoms with Crippen LogP contribution in [0.15, 0.2) is 18.2 Å². The van der Waals surface area contributed by atoms with E-state index in [0.29, 0.717) is 13.0 Å². The standard InChI is InChI=1S/C14H15F3N2O6/c15-14(16,17)8-24-9-4-5-11(19(21)22)10(7-9)13(20)18-25-12-3-1-2-6-23-12/h4-5,7,12H,1-3,6,8H2,(H,18,20). The number of rotatable bonds is 6. The van der Waals surface area contributed by atoms with Crippen LogP contribution in [0, 0.1) is 10.1 Å². The van der Waals surface area contributed by atoms with Crippen molar-refractivity contribution < 1.29 is 37.2 Å². The summed E-state index contributed by atoms with van der Waals surface area (Å²) in [6.45, 7) is -1.13. The summed E-state index contributed by atoms with van der Waals surface area (Å²) in [4.78, 5) is 27.3. The van der Waals surface area contributed by atoms with Gasteiger partial charge in [-0.1, -0.05) is 0 Å². The molecule has 0 aromatic heterocycles. The van der Waals surface area contributed by atoms with E-state index in [-0.39, 0.29) is 5.75 Å². The predicted molar refractivity (Wildman–Crippen MR) is 76.8 cm³/mol. The van der Waals surface area contributed by atoms with Crippen LogP contribution in [0.2, 0.25) is 0 Å². The van der Waals surface area contributed by atoms with Gasteiger partial charge in [-0.05, 0) is 25.0 Å². The number of ether oxygens (including phenoxy) is 2. The molecule has 2 rings (SSSR count). The molecule has 0 saturated carbocycles. The van der Waals surface area contributed by atoms with Crippen molar-refractivity contribution in [3.63, 3.8) is 0 Å². The molecule has 8 nitrogen and oxygen atoms in total. The molecule has 11 heteroatoms. The summed E-state index contributed by atoms with van der Waals surface area (Å²) < 4.78 is 46.3.